The largest absolute Gasteiger partial charge is 0.346 e. The van der Waals surface area contributed by atoms with Crippen molar-refractivity contribution in [2.45, 2.75) is 24.4 Å². The molecule has 0 spiro atoms. The molecule has 1 atom stereocenters. The quantitative estimate of drug-likeness (QED) is 0.666. The topological polar surface area (TPSA) is 49.4 Å². The Kier molecular flexibility index (Phi) is 5.67. The number of nitrogens with one attached hydrogen (secondary N) is 1. The van der Waals surface area contributed by atoms with Crippen molar-refractivity contribution >= 4 is 29.3 Å². The van der Waals surface area contributed by atoms with Crippen LogP contribution in [0.25, 0.3) is 0 Å². The molecule has 2 amide bonds. The fourth-order valence-electron chi connectivity index (χ4n) is 3.43. The van der Waals surface area contributed by atoms with E-state index >= 15 is 0 Å². The molecule has 0 bridgehead atoms. The van der Waals surface area contributed by atoms with Crippen molar-refractivity contribution in [1.82, 2.24) is 5.32 Å². The highest BCUT2D eigenvalue weighted by molar-refractivity contribution is 8.00. The lowest BCUT2D eigenvalue weighted by molar-refractivity contribution is -0.116. The van der Waals surface area contributed by atoms with E-state index in [1.165, 1.54) is 0 Å². The van der Waals surface area contributed by atoms with Gasteiger partial charge in [0.1, 0.15) is 0 Å². The van der Waals surface area contributed by atoms with Crippen molar-refractivity contribution in [3.05, 3.63) is 95.6 Å². The van der Waals surface area contributed by atoms with Crippen LogP contribution >= 0.6 is 11.8 Å². The molecule has 0 fully saturated rings. The van der Waals surface area contributed by atoms with Crippen LogP contribution in [0.4, 0.5) is 5.69 Å². The monoisotopic (exact) mass is 402 g/mol. The molecule has 0 saturated heterocycles. The number of nitrogens with zero attached hydrogens (tertiary/aromatic N) is 1. The smallest absolute Gasteiger partial charge is 0.251 e. The maximum absolute atomic E-state index is 12.7. The number of rotatable bonds is 5. The van der Waals surface area contributed by atoms with Gasteiger partial charge in [-0.2, -0.15) is 0 Å². The number of para-hydroxylation sites is 1. The normalized spacial score (nSPS) is 14.2. The molecule has 0 aliphatic carbocycles. The Morgan fingerprint density at radius 1 is 1.03 bits per heavy atom. The van der Waals surface area contributed by atoms with Crippen LogP contribution in [0.1, 0.15) is 34.5 Å². The van der Waals surface area contributed by atoms with Crippen molar-refractivity contribution < 1.29 is 9.59 Å². The van der Waals surface area contributed by atoms with Crippen molar-refractivity contribution in [2.24, 2.45) is 0 Å². The molecule has 0 unspecified atom stereocenters. The van der Waals surface area contributed by atoms with Crippen LogP contribution in [0.15, 0.2) is 83.8 Å². The summed E-state index contributed by atoms with van der Waals surface area (Å²) in [5.41, 5.74) is 3.52. The first-order valence-corrected chi connectivity index (χ1v) is 10.6. The van der Waals surface area contributed by atoms with Crippen LogP contribution in [0.3, 0.4) is 0 Å². The fourth-order valence-corrected chi connectivity index (χ4v) is 4.36. The molecule has 4 rings (SSSR count). The third-order valence-corrected chi connectivity index (χ3v) is 6.03. The van der Waals surface area contributed by atoms with Gasteiger partial charge in [-0.05, 0) is 42.3 Å². The van der Waals surface area contributed by atoms with E-state index in [0.717, 1.165) is 21.7 Å². The summed E-state index contributed by atoms with van der Waals surface area (Å²) in [6.45, 7) is 2.42. The second-order valence-corrected chi connectivity index (χ2v) is 8.06. The molecule has 1 N–H and O–H groups in total. The molecule has 0 saturated carbocycles. The number of carbonyl (C=O) groups is 2. The number of hydrogen-bond donors (Lipinski definition) is 1. The Morgan fingerprint density at radius 2 is 1.79 bits per heavy atom. The molecule has 3 aromatic rings. The average Bonchev–Trinajstić information content (AvgIpc) is 2.76. The summed E-state index contributed by atoms with van der Waals surface area (Å²) in [4.78, 5) is 28.2. The summed E-state index contributed by atoms with van der Waals surface area (Å²) in [5, 5.41) is 3.04. The first kappa shape index (κ1) is 19.3. The van der Waals surface area contributed by atoms with Crippen LogP contribution in [0.2, 0.25) is 0 Å². The van der Waals surface area contributed by atoms with E-state index in [1.807, 2.05) is 79.7 Å². The lowest BCUT2D eigenvalue weighted by Gasteiger charge is -2.29. The van der Waals surface area contributed by atoms with E-state index in [0.29, 0.717) is 17.9 Å². The van der Waals surface area contributed by atoms with Crippen LogP contribution in [0, 0.1) is 0 Å². The molecule has 0 aromatic heterocycles. The third-order valence-electron chi connectivity index (χ3n) is 4.99. The van der Waals surface area contributed by atoms with Crippen LogP contribution in [-0.2, 0) is 11.3 Å². The van der Waals surface area contributed by atoms with Gasteiger partial charge in [0, 0.05) is 10.5 Å². The molecule has 4 nitrogen and oxygen atoms in total. The van der Waals surface area contributed by atoms with Gasteiger partial charge in [0.2, 0.25) is 5.91 Å². The Bertz CT molecular complexity index is 1040. The van der Waals surface area contributed by atoms with Crippen LogP contribution in [0.5, 0.6) is 0 Å². The number of benzene rings is 3. The van der Waals surface area contributed by atoms with Gasteiger partial charge in [0.15, 0.2) is 0 Å². The van der Waals surface area contributed by atoms with Gasteiger partial charge in [0.05, 0.1) is 24.0 Å². The second kappa shape index (κ2) is 8.53. The average molecular weight is 403 g/mol. The van der Waals surface area contributed by atoms with Crippen molar-refractivity contribution in [2.75, 3.05) is 10.7 Å². The van der Waals surface area contributed by atoms with E-state index in [2.05, 4.69) is 5.32 Å². The zero-order valence-electron chi connectivity index (χ0n) is 16.2. The lowest BCUT2D eigenvalue weighted by atomic mass is 10.1. The van der Waals surface area contributed by atoms with E-state index in [1.54, 1.807) is 22.7 Å². The molecule has 146 valence electrons. The van der Waals surface area contributed by atoms with Crippen LogP contribution in [-0.4, -0.2) is 17.6 Å². The molecule has 3 aromatic carbocycles. The number of carbonyl (C=O) groups excluding carboxylic acids is 2. The lowest BCUT2D eigenvalue weighted by Crippen LogP contribution is -2.34. The molecule has 1 aliphatic heterocycles. The minimum absolute atomic E-state index is 0.0834. The highest BCUT2D eigenvalue weighted by atomic mass is 32.2. The molecule has 1 heterocycles. The first-order valence-electron chi connectivity index (χ1n) is 9.59. The predicted molar refractivity (Wildman–Crippen MR) is 117 cm³/mol. The minimum Gasteiger partial charge on any atom is -0.346 e. The first-order chi connectivity index (χ1) is 14.1. The zero-order valence-corrected chi connectivity index (χ0v) is 17.0. The predicted octanol–water partition coefficient (Wildman–Crippen LogP) is 4.82. The highest BCUT2D eigenvalue weighted by Crippen LogP contribution is 2.35. The Hall–Kier alpha value is -3.05. The molecule has 0 radical (unpaired) electrons. The van der Waals surface area contributed by atoms with Gasteiger partial charge < -0.3 is 10.2 Å². The number of thioether (sulfide) groups is 1. The molecular formula is C24H22N2O2S. The number of hydrogen-bond acceptors (Lipinski definition) is 3. The molecule has 5 heteroatoms. The van der Waals surface area contributed by atoms with E-state index in [4.69, 9.17) is 0 Å². The van der Waals surface area contributed by atoms with Crippen molar-refractivity contribution in [3.63, 3.8) is 0 Å². The van der Waals surface area contributed by atoms with Gasteiger partial charge in [-0.3, -0.25) is 9.59 Å². The third kappa shape index (κ3) is 4.35. The van der Waals surface area contributed by atoms with Crippen molar-refractivity contribution in [3.8, 4) is 0 Å². The van der Waals surface area contributed by atoms with E-state index < -0.39 is 0 Å². The van der Waals surface area contributed by atoms with Gasteiger partial charge in [-0.1, -0.05) is 54.6 Å². The maximum atomic E-state index is 12.7. The summed E-state index contributed by atoms with van der Waals surface area (Å²) in [6.07, 6.45) is 0. The number of fused-ring (bicyclic) bond motifs is 1. The van der Waals surface area contributed by atoms with Gasteiger partial charge in [-0.15, -0.1) is 11.8 Å². The maximum Gasteiger partial charge on any atom is 0.251 e. The summed E-state index contributed by atoms with van der Waals surface area (Å²) < 4.78 is 0. The highest BCUT2D eigenvalue weighted by Gasteiger charge is 2.24. The second-order valence-electron chi connectivity index (χ2n) is 7.04. The Labute approximate surface area is 174 Å². The minimum atomic E-state index is -0.121. The van der Waals surface area contributed by atoms with Gasteiger partial charge >= 0.3 is 0 Å². The number of anilines is 1. The molecule has 29 heavy (non-hydrogen) atoms. The summed E-state index contributed by atoms with van der Waals surface area (Å²) in [6, 6.07) is 25.2. The molecular weight excluding hydrogens is 380 g/mol. The van der Waals surface area contributed by atoms with Crippen molar-refractivity contribution in [1.29, 1.82) is 0 Å². The molecule has 1 aliphatic rings. The summed E-state index contributed by atoms with van der Waals surface area (Å²) in [5.74, 6) is 0.400. The number of amides is 2. The Morgan fingerprint density at radius 3 is 2.62 bits per heavy atom. The van der Waals surface area contributed by atoms with Crippen LogP contribution < -0.4 is 10.2 Å². The SMILES string of the molecule is C[C@H](NC(=O)c1cccc(CN2C(=O)CSc3ccccc32)c1)c1ccccc1. The fraction of sp³-hybridized carbons (Fsp3) is 0.167. The standard InChI is InChI=1S/C24H22N2O2S/c1-17(19-9-3-2-4-10-19)25-24(28)20-11-7-8-18(14-20)15-26-21-12-5-6-13-22(21)29-16-23(26)27/h2-14,17H,15-16H2,1H3,(H,25,28)/t17-/m0/s1. The van der Waals surface area contributed by atoms with Gasteiger partial charge in [-0.25, -0.2) is 0 Å². The van der Waals surface area contributed by atoms with Gasteiger partial charge in [0.25, 0.3) is 5.91 Å². The van der Waals surface area contributed by atoms with E-state index in [9.17, 15) is 9.59 Å². The van der Waals surface area contributed by atoms with E-state index in [-0.39, 0.29) is 17.9 Å². The zero-order chi connectivity index (χ0) is 20.2. The Balaban J connectivity index is 1.51. The summed E-state index contributed by atoms with van der Waals surface area (Å²) in [7, 11) is 0. The summed E-state index contributed by atoms with van der Waals surface area (Å²) >= 11 is 1.57.